The van der Waals surface area contributed by atoms with Crippen molar-refractivity contribution in [1.82, 2.24) is 0 Å². The van der Waals surface area contributed by atoms with Gasteiger partial charge in [0.1, 0.15) is 0 Å². The highest BCUT2D eigenvalue weighted by atomic mass is 28.6. The number of hydrogen-bond acceptors (Lipinski definition) is 8. The molecule has 0 bridgehead atoms. The molecule has 0 spiro atoms. The zero-order chi connectivity index (χ0) is 30.8. The summed E-state index contributed by atoms with van der Waals surface area (Å²) in [6, 6.07) is 20.3. The first kappa shape index (κ1) is 68.1. The molecule has 0 N–H and O–H groups in total. The molecule has 0 fully saturated rings. The van der Waals surface area contributed by atoms with Crippen LogP contribution in [0.3, 0.4) is 0 Å². The smallest absolute Gasteiger partial charge is 0.399 e. The number of benzene rings is 2. The normalized spacial score (nSPS) is 11.1. The van der Waals surface area contributed by atoms with Crippen LogP contribution in [-0.4, -0.2) is 80.9 Å². The summed E-state index contributed by atoms with van der Waals surface area (Å²) in [7, 11) is -21.2. The second-order valence-electron chi connectivity index (χ2n) is 11.6. The lowest BCUT2D eigenvalue weighted by Gasteiger charge is -2.45. The molecule has 8 nitrogen and oxygen atoms in total. The van der Waals surface area contributed by atoms with E-state index in [0.29, 0.717) is 0 Å². The van der Waals surface area contributed by atoms with Crippen LogP contribution in [0, 0.1) is 0 Å². The average molecular weight is 866 g/mol. The maximum Gasteiger partial charge on any atom is 0.638 e. The SMILES string of the molecule is C.C.C.C.C.C.C.C.C.C[SiH](C)O[Si](O[SiH](C)C)(O[SiH](C)C)O[Si](O[Si](O[SiH](C)C)(O[SiH](C)C)O[SiH](C)C)(c1ccccc1)c1ccccc1. The zero-order valence-electron chi connectivity index (χ0n) is 27.0. The molecule has 0 saturated carbocycles. The van der Waals surface area contributed by atoms with Crippen LogP contribution < -0.4 is 10.4 Å². The average Bonchev–Trinajstić information content (AvgIpc) is 2.81. The van der Waals surface area contributed by atoms with Gasteiger partial charge in [-0.15, -0.1) is 0 Å². The monoisotopic (exact) mass is 864 g/mol. The van der Waals surface area contributed by atoms with E-state index in [1.54, 1.807) is 0 Å². The Kier molecular flexibility index (Phi) is 42.8. The first-order valence-electron chi connectivity index (χ1n) is 14.7. The van der Waals surface area contributed by atoms with Gasteiger partial charge in [0.2, 0.25) is 0 Å². The quantitative estimate of drug-likeness (QED) is 0.138. The summed E-state index contributed by atoms with van der Waals surface area (Å²) in [5, 5.41) is 1.82. The van der Waals surface area contributed by atoms with Gasteiger partial charge in [-0.2, -0.15) is 0 Å². The van der Waals surface area contributed by atoms with Gasteiger partial charge in [0.15, 0.2) is 54.2 Å². The maximum absolute atomic E-state index is 7.46. The third-order valence-corrected chi connectivity index (χ3v) is 29.9. The van der Waals surface area contributed by atoms with E-state index >= 15 is 0 Å². The minimum absolute atomic E-state index is 0. The highest BCUT2D eigenvalue weighted by Gasteiger charge is 2.63. The molecule has 2 aromatic rings. The molecule has 0 aromatic heterocycles. The summed E-state index contributed by atoms with van der Waals surface area (Å²) in [6.07, 6.45) is 0. The minimum atomic E-state index is -3.71. The molecule has 0 saturated heterocycles. The Morgan fingerprint density at radius 1 is 0.320 bits per heavy atom. The lowest BCUT2D eigenvalue weighted by molar-refractivity contribution is 0.117. The lowest BCUT2D eigenvalue weighted by atomic mass is 10.4. The lowest BCUT2D eigenvalue weighted by Crippen LogP contribution is -2.76. The number of rotatable bonds is 18. The van der Waals surface area contributed by atoms with Crippen LogP contribution in [-0.2, 0) is 32.9 Å². The van der Waals surface area contributed by atoms with Crippen molar-refractivity contribution in [2.45, 2.75) is 145 Å². The van der Waals surface area contributed by atoms with Gasteiger partial charge in [-0.05, 0) is 88.9 Å². The third-order valence-electron chi connectivity index (χ3n) is 5.13. The number of hydrogen-bond donors (Lipinski definition) is 0. The molecule has 0 unspecified atom stereocenters. The van der Waals surface area contributed by atoms with Crippen LogP contribution in [0.1, 0.15) is 66.8 Å². The van der Waals surface area contributed by atoms with E-state index in [1.807, 2.05) is 36.4 Å². The van der Waals surface area contributed by atoms with E-state index in [0.717, 1.165) is 10.4 Å². The fourth-order valence-electron chi connectivity index (χ4n) is 4.13. The summed E-state index contributed by atoms with van der Waals surface area (Å²) in [6.45, 7) is 25.5. The highest BCUT2D eigenvalue weighted by Crippen LogP contribution is 2.28. The Morgan fingerprint density at radius 2 is 0.500 bits per heavy atom. The van der Waals surface area contributed by atoms with Crippen molar-refractivity contribution >= 4 is 91.3 Å². The van der Waals surface area contributed by atoms with Crippen LogP contribution in [0.4, 0.5) is 0 Å². The Hall–Kier alpha value is 0.0719. The molecule has 0 aliphatic rings. The van der Waals surface area contributed by atoms with Gasteiger partial charge in [0.05, 0.1) is 0 Å². The van der Waals surface area contributed by atoms with Gasteiger partial charge in [0.25, 0.3) is 0 Å². The molecule has 0 radical (unpaired) electrons. The van der Waals surface area contributed by atoms with Crippen molar-refractivity contribution in [3.05, 3.63) is 60.7 Å². The van der Waals surface area contributed by atoms with Gasteiger partial charge in [-0.1, -0.05) is 128 Å². The standard InChI is InChI=1S/C24H52O8Si9.9CH4/c1-33(2)25-40(26-34(3)4,27-35(5)6)31-39(23-19-15-13-16-20-23,24-21-17-14-18-22-24)32-41(28-36(7)8,29-37(9)10)30-38(11)12;;;;;;;;;/h13-22,33-38H,1-12H3;9*1H4. The maximum atomic E-state index is 7.46. The molecule has 2 rings (SSSR count). The molecule has 0 atom stereocenters. The van der Waals surface area contributed by atoms with E-state index in [1.165, 1.54) is 0 Å². The molecule has 0 aliphatic heterocycles. The predicted molar refractivity (Wildman–Crippen MR) is 252 cm³/mol. The van der Waals surface area contributed by atoms with Crippen LogP contribution in [0.15, 0.2) is 60.7 Å². The van der Waals surface area contributed by atoms with E-state index in [9.17, 15) is 0 Å². The minimum Gasteiger partial charge on any atom is -0.399 e. The summed E-state index contributed by atoms with van der Waals surface area (Å²) in [5.74, 6) is 0. The molecule has 50 heavy (non-hydrogen) atoms. The Labute approximate surface area is 328 Å². The predicted octanol–water partition coefficient (Wildman–Crippen LogP) is 8.87. The second-order valence-corrected chi connectivity index (χ2v) is 35.8. The van der Waals surface area contributed by atoms with E-state index in [2.05, 4.69) is 103 Å². The van der Waals surface area contributed by atoms with Crippen LogP contribution >= 0.6 is 0 Å². The molecule has 0 amide bonds. The van der Waals surface area contributed by atoms with E-state index in [-0.39, 0.29) is 66.8 Å². The van der Waals surface area contributed by atoms with Crippen molar-refractivity contribution in [3.8, 4) is 0 Å². The Morgan fingerprint density at radius 3 is 0.660 bits per heavy atom. The summed E-state index contributed by atoms with van der Waals surface area (Å²) in [4.78, 5) is 0. The van der Waals surface area contributed by atoms with Crippen LogP contribution in [0.25, 0.3) is 0 Å². The first-order chi connectivity index (χ1) is 19.1. The van der Waals surface area contributed by atoms with Gasteiger partial charge in [-0.3, -0.25) is 0 Å². The largest absolute Gasteiger partial charge is 0.638 e. The van der Waals surface area contributed by atoms with Crippen molar-refractivity contribution in [2.75, 3.05) is 0 Å². The topological polar surface area (TPSA) is 73.8 Å². The van der Waals surface area contributed by atoms with Crippen molar-refractivity contribution in [3.63, 3.8) is 0 Å². The summed E-state index contributed by atoms with van der Waals surface area (Å²) in [5.41, 5.74) is 0. The Balaban J connectivity index is -0.000000327. The fourth-order valence-corrected chi connectivity index (χ4v) is 32.9. The third kappa shape index (κ3) is 21.7. The highest BCUT2D eigenvalue weighted by molar-refractivity contribution is 7.01. The molecular formula is C33H88O8Si9. The van der Waals surface area contributed by atoms with Crippen LogP contribution in [0.5, 0.6) is 0 Å². The van der Waals surface area contributed by atoms with E-state index in [4.69, 9.17) is 32.9 Å². The Bertz CT molecular complexity index is 888. The van der Waals surface area contributed by atoms with Gasteiger partial charge < -0.3 is 32.9 Å². The summed E-state index contributed by atoms with van der Waals surface area (Å²) >= 11 is 0. The zero-order valence-corrected chi connectivity index (χ0v) is 36.9. The van der Waals surface area contributed by atoms with Crippen molar-refractivity contribution in [2.24, 2.45) is 0 Å². The van der Waals surface area contributed by atoms with Gasteiger partial charge in [-0.25, -0.2) is 0 Å². The van der Waals surface area contributed by atoms with Gasteiger partial charge >= 0.3 is 26.7 Å². The molecule has 17 heteroatoms. The summed E-state index contributed by atoms with van der Waals surface area (Å²) < 4.78 is 55.6. The second kappa shape index (κ2) is 31.4. The van der Waals surface area contributed by atoms with Crippen LogP contribution in [0.2, 0.25) is 78.6 Å². The first-order valence-corrected chi connectivity index (χ1v) is 36.5. The molecular weight excluding hydrogens is 777 g/mol. The van der Waals surface area contributed by atoms with Gasteiger partial charge in [0, 0.05) is 0 Å². The molecule has 304 valence electrons. The van der Waals surface area contributed by atoms with E-state index < -0.39 is 80.9 Å². The van der Waals surface area contributed by atoms with Crippen molar-refractivity contribution < 1.29 is 32.9 Å². The van der Waals surface area contributed by atoms with Crippen molar-refractivity contribution in [1.29, 1.82) is 0 Å². The molecule has 0 heterocycles. The molecule has 2 aromatic carbocycles. The fraction of sp³-hybridized carbons (Fsp3) is 0.636. The molecule has 0 aliphatic carbocycles.